The molecule has 2 aromatic rings. The van der Waals surface area contributed by atoms with E-state index in [2.05, 4.69) is 16.0 Å². The second-order valence-electron chi connectivity index (χ2n) is 7.72. The van der Waals surface area contributed by atoms with Crippen molar-refractivity contribution in [3.05, 3.63) is 52.5 Å². The number of nitrogens with one attached hydrogen (secondary N) is 3. The highest BCUT2D eigenvalue weighted by atomic mass is 35.5. The monoisotopic (exact) mass is 481 g/mol. The van der Waals surface area contributed by atoms with Gasteiger partial charge in [0.1, 0.15) is 11.4 Å². The van der Waals surface area contributed by atoms with E-state index in [0.717, 1.165) is 0 Å². The average molecular weight is 482 g/mol. The first-order chi connectivity index (χ1) is 15.0. The Morgan fingerprint density at radius 1 is 0.938 bits per heavy atom. The molecule has 0 fully saturated rings. The zero-order valence-electron chi connectivity index (χ0n) is 18.0. The fourth-order valence-corrected chi connectivity index (χ4v) is 2.89. The summed E-state index contributed by atoms with van der Waals surface area (Å²) in [6, 6.07) is 11.3. The van der Waals surface area contributed by atoms with Crippen LogP contribution in [-0.2, 0) is 14.3 Å². The first-order valence-electron chi connectivity index (χ1n) is 9.76. The van der Waals surface area contributed by atoms with Gasteiger partial charge in [-0.1, -0.05) is 29.3 Å². The molecule has 0 saturated carbocycles. The van der Waals surface area contributed by atoms with Crippen LogP contribution in [0, 0.1) is 0 Å². The van der Waals surface area contributed by atoms with Crippen LogP contribution >= 0.6 is 23.2 Å². The second kappa shape index (κ2) is 11.6. The van der Waals surface area contributed by atoms with E-state index in [4.69, 9.17) is 32.7 Å². The summed E-state index contributed by atoms with van der Waals surface area (Å²) in [6.45, 7) is 5.13. The maximum atomic E-state index is 12.2. The molecule has 0 saturated heterocycles. The molecule has 0 spiro atoms. The molecular weight excluding hydrogens is 457 g/mol. The van der Waals surface area contributed by atoms with Gasteiger partial charge in [0.25, 0.3) is 5.91 Å². The van der Waals surface area contributed by atoms with Crippen molar-refractivity contribution in [2.75, 3.05) is 23.8 Å². The van der Waals surface area contributed by atoms with Crippen molar-refractivity contribution >= 4 is 52.5 Å². The normalized spacial score (nSPS) is 10.8. The largest absolute Gasteiger partial charge is 0.482 e. The Bertz CT molecular complexity index is 976. The lowest BCUT2D eigenvalue weighted by Crippen LogP contribution is -2.34. The minimum atomic E-state index is -0.608. The lowest BCUT2D eigenvalue weighted by molar-refractivity contribution is -0.118. The summed E-state index contributed by atoms with van der Waals surface area (Å²) in [6.07, 6.45) is -0.525. The van der Waals surface area contributed by atoms with Crippen molar-refractivity contribution in [2.45, 2.75) is 32.8 Å². The van der Waals surface area contributed by atoms with Gasteiger partial charge >= 0.3 is 6.09 Å². The molecule has 3 amide bonds. The second-order valence-corrected chi connectivity index (χ2v) is 8.56. The van der Waals surface area contributed by atoms with Crippen LogP contribution < -0.4 is 20.7 Å². The number of halogens is 2. The first kappa shape index (κ1) is 25.3. The van der Waals surface area contributed by atoms with Crippen LogP contribution in [0.1, 0.15) is 27.2 Å². The number of carbonyl (C=O) groups is 3. The highest BCUT2D eigenvalue weighted by molar-refractivity contribution is 6.35. The van der Waals surface area contributed by atoms with E-state index in [0.29, 0.717) is 27.2 Å². The molecule has 3 N–H and O–H groups in total. The third-order valence-corrected chi connectivity index (χ3v) is 4.23. The summed E-state index contributed by atoms with van der Waals surface area (Å²) in [5.74, 6) is -0.362. The van der Waals surface area contributed by atoms with E-state index >= 15 is 0 Å². The molecule has 32 heavy (non-hydrogen) atoms. The first-order valence-corrected chi connectivity index (χ1v) is 10.5. The fraction of sp³-hybridized carbons (Fsp3) is 0.318. The van der Waals surface area contributed by atoms with Gasteiger partial charge in [0.2, 0.25) is 5.91 Å². The van der Waals surface area contributed by atoms with Crippen LogP contribution in [0.5, 0.6) is 5.75 Å². The van der Waals surface area contributed by atoms with E-state index in [1.54, 1.807) is 57.2 Å². The highest BCUT2D eigenvalue weighted by Crippen LogP contribution is 2.27. The minimum Gasteiger partial charge on any atom is -0.482 e. The summed E-state index contributed by atoms with van der Waals surface area (Å²) in [7, 11) is 0. The number of hydrogen-bond acceptors (Lipinski definition) is 5. The quantitative estimate of drug-likeness (QED) is 0.498. The molecule has 172 valence electrons. The number of amides is 3. The number of ether oxygens (including phenoxy) is 2. The number of carbonyl (C=O) groups excluding carboxylic acids is 3. The van der Waals surface area contributed by atoms with E-state index in [1.165, 1.54) is 6.07 Å². The molecule has 0 radical (unpaired) electrons. The van der Waals surface area contributed by atoms with E-state index in [-0.39, 0.29) is 25.5 Å². The molecule has 0 aliphatic heterocycles. The molecule has 0 atom stereocenters. The molecule has 0 bridgehead atoms. The Kier molecular flexibility index (Phi) is 9.16. The van der Waals surface area contributed by atoms with Crippen LogP contribution in [0.25, 0.3) is 0 Å². The maximum Gasteiger partial charge on any atom is 0.407 e. The Hall–Kier alpha value is -2.97. The summed E-state index contributed by atoms with van der Waals surface area (Å²) >= 11 is 11.8. The van der Waals surface area contributed by atoms with Gasteiger partial charge in [0, 0.05) is 29.4 Å². The van der Waals surface area contributed by atoms with Crippen LogP contribution in [0.4, 0.5) is 16.2 Å². The molecule has 2 rings (SSSR count). The van der Waals surface area contributed by atoms with Crippen molar-refractivity contribution in [3.63, 3.8) is 0 Å². The Morgan fingerprint density at radius 3 is 2.22 bits per heavy atom. The molecule has 0 heterocycles. The SMILES string of the molecule is CC(C)(C)OC(=O)NCCC(=O)Nc1cccc(NC(=O)COc2ccc(Cl)cc2Cl)c1. The lowest BCUT2D eigenvalue weighted by atomic mass is 10.2. The van der Waals surface area contributed by atoms with Crippen LogP contribution in [0.15, 0.2) is 42.5 Å². The molecule has 8 nitrogen and oxygen atoms in total. The number of benzene rings is 2. The smallest absolute Gasteiger partial charge is 0.407 e. The third-order valence-electron chi connectivity index (χ3n) is 3.70. The van der Waals surface area contributed by atoms with Gasteiger partial charge in [0.05, 0.1) is 5.02 Å². The molecule has 0 unspecified atom stereocenters. The van der Waals surface area contributed by atoms with Gasteiger partial charge in [0.15, 0.2) is 6.61 Å². The van der Waals surface area contributed by atoms with E-state index in [1.807, 2.05) is 0 Å². The standard InChI is InChI=1S/C22H25Cl2N3O5/c1-22(2,3)32-21(30)25-10-9-19(28)26-15-5-4-6-16(12-15)27-20(29)13-31-18-8-7-14(23)11-17(18)24/h4-8,11-12H,9-10,13H2,1-3H3,(H,25,30)(H,26,28)(H,27,29). The van der Waals surface area contributed by atoms with Gasteiger partial charge in [-0.3, -0.25) is 9.59 Å². The van der Waals surface area contributed by atoms with Gasteiger partial charge < -0.3 is 25.4 Å². The zero-order chi connectivity index (χ0) is 23.7. The average Bonchev–Trinajstić information content (AvgIpc) is 2.66. The predicted octanol–water partition coefficient (Wildman–Crippen LogP) is 4.86. The number of anilines is 2. The summed E-state index contributed by atoms with van der Waals surface area (Å²) in [5.41, 5.74) is 0.362. The van der Waals surface area contributed by atoms with Gasteiger partial charge in [-0.2, -0.15) is 0 Å². The topological polar surface area (TPSA) is 106 Å². The Morgan fingerprint density at radius 2 is 1.59 bits per heavy atom. The number of hydrogen-bond donors (Lipinski definition) is 3. The van der Waals surface area contributed by atoms with Gasteiger partial charge in [-0.25, -0.2) is 4.79 Å². The van der Waals surface area contributed by atoms with Crippen LogP contribution in [0.2, 0.25) is 10.0 Å². The van der Waals surface area contributed by atoms with Crippen molar-refractivity contribution in [1.29, 1.82) is 0 Å². The van der Waals surface area contributed by atoms with E-state index in [9.17, 15) is 14.4 Å². The van der Waals surface area contributed by atoms with Gasteiger partial charge in [-0.15, -0.1) is 0 Å². The number of alkyl carbamates (subject to hydrolysis) is 1. The van der Waals surface area contributed by atoms with E-state index < -0.39 is 17.6 Å². The lowest BCUT2D eigenvalue weighted by Gasteiger charge is -2.19. The zero-order valence-corrected chi connectivity index (χ0v) is 19.5. The summed E-state index contributed by atoms with van der Waals surface area (Å²) < 4.78 is 10.5. The molecule has 10 heteroatoms. The number of rotatable bonds is 8. The maximum absolute atomic E-state index is 12.2. The van der Waals surface area contributed by atoms with Crippen molar-refractivity contribution in [3.8, 4) is 5.75 Å². The highest BCUT2D eigenvalue weighted by Gasteiger charge is 2.16. The molecule has 0 aromatic heterocycles. The van der Waals surface area contributed by atoms with Crippen LogP contribution in [-0.4, -0.2) is 36.7 Å². The van der Waals surface area contributed by atoms with Crippen molar-refractivity contribution in [1.82, 2.24) is 5.32 Å². The Labute approximate surface area is 196 Å². The third kappa shape index (κ3) is 9.45. The minimum absolute atomic E-state index is 0.0610. The van der Waals surface area contributed by atoms with Crippen molar-refractivity contribution in [2.24, 2.45) is 0 Å². The summed E-state index contributed by atoms with van der Waals surface area (Å²) in [5, 5.41) is 8.67. The summed E-state index contributed by atoms with van der Waals surface area (Å²) in [4.78, 5) is 35.8. The van der Waals surface area contributed by atoms with Crippen LogP contribution in [0.3, 0.4) is 0 Å². The fourth-order valence-electron chi connectivity index (χ4n) is 2.42. The molecule has 0 aliphatic carbocycles. The van der Waals surface area contributed by atoms with Crippen molar-refractivity contribution < 1.29 is 23.9 Å². The molecule has 2 aromatic carbocycles. The van der Waals surface area contributed by atoms with Gasteiger partial charge in [-0.05, 0) is 57.2 Å². The Balaban J connectivity index is 1.79. The molecule has 0 aliphatic rings. The molecular formula is C22H25Cl2N3O5. The predicted molar refractivity (Wildman–Crippen MR) is 125 cm³/mol.